The summed E-state index contributed by atoms with van der Waals surface area (Å²) >= 11 is 11.0. The van der Waals surface area contributed by atoms with Crippen molar-refractivity contribution in [3.63, 3.8) is 0 Å². The molecule has 10 heavy (non-hydrogen) atoms. The predicted octanol–water partition coefficient (Wildman–Crippen LogP) is 3.52. The third kappa shape index (κ3) is 9.38. The molecule has 0 atom stereocenters. The molecule has 0 fully saturated rings. The standard InChI is InChI=1S/C5H11.C2H3Cl2.Sn/c1-3-5-4-2;1-2(3)4;/h1,3-5H2,2H3;2H,1H2;. The van der Waals surface area contributed by atoms with Crippen LogP contribution in [0.2, 0.25) is 8.87 Å². The zero-order chi connectivity index (χ0) is 7.82. The molecule has 0 unspecified atom stereocenters. The van der Waals surface area contributed by atoms with E-state index in [2.05, 4.69) is 6.92 Å². The molecule has 0 aromatic carbocycles. The topological polar surface area (TPSA) is 0 Å². The van der Waals surface area contributed by atoms with Gasteiger partial charge in [0.2, 0.25) is 0 Å². The molecule has 0 saturated heterocycles. The summed E-state index contributed by atoms with van der Waals surface area (Å²) in [5, 5.41) is 0. The predicted molar refractivity (Wildman–Crippen MR) is 50.4 cm³/mol. The average Bonchev–Trinajstić information content (AvgIpc) is 1.87. The quantitative estimate of drug-likeness (QED) is 0.398. The van der Waals surface area contributed by atoms with Crippen LogP contribution in [-0.2, 0) is 0 Å². The Labute approximate surface area is 83.9 Å². The van der Waals surface area contributed by atoms with E-state index >= 15 is 0 Å². The molecular weight excluding hydrogens is 274 g/mol. The van der Waals surface area contributed by atoms with Crippen molar-refractivity contribution in [3.8, 4) is 0 Å². The molecule has 0 N–H and O–H groups in total. The van der Waals surface area contributed by atoms with Crippen LogP contribution in [0.1, 0.15) is 26.2 Å². The van der Waals surface area contributed by atoms with Gasteiger partial charge in [0.25, 0.3) is 0 Å². The Bertz CT molecular complexity index is 66.6. The minimum absolute atomic E-state index is 0.0757. The fourth-order valence-electron chi connectivity index (χ4n) is 0.711. The number of hydrogen-bond donors (Lipinski definition) is 0. The summed E-state index contributed by atoms with van der Waals surface area (Å²) in [4.78, 5) is -0.0757. The number of hydrogen-bond acceptors (Lipinski definition) is 0. The fraction of sp³-hybridized carbons (Fsp3) is 1.00. The van der Waals surface area contributed by atoms with E-state index in [1.165, 1.54) is 23.7 Å². The molecule has 3 heteroatoms. The van der Waals surface area contributed by atoms with Gasteiger partial charge in [-0.15, -0.1) is 0 Å². The van der Waals surface area contributed by atoms with Gasteiger partial charge in [-0.2, -0.15) is 0 Å². The molecule has 2 radical (unpaired) electrons. The van der Waals surface area contributed by atoms with Crippen LogP contribution >= 0.6 is 23.2 Å². The van der Waals surface area contributed by atoms with E-state index in [9.17, 15) is 0 Å². The van der Waals surface area contributed by atoms with Gasteiger partial charge in [-0.3, -0.25) is 0 Å². The molecule has 0 bridgehead atoms. The van der Waals surface area contributed by atoms with Crippen molar-refractivity contribution in [2.45, 2.75) is 39.9 Å². The van der Waals surface area contributed by atoms with E-state index in [1.54, 1.807) is 0 Å². The molecule has 0 rings (SSSR count). The maximum absolute atomic E-state index is 5.60. The third-order valence-electron chi connectivity index (χ3n) is 1.26. The molecule has 0 aliphatic heterocycles. The van der Waals surface area contributed by atoms with Gasteiger partial charge < -0.3 is 0 Å². The zero-order valence-corrected chi connectivity index (χ0v) is 10.7. The number of unbranched alkanes of at least 4 members (excludes halogenated alkanes) is 2. The van der Waals surface area contributed by atoms with Crippen molar-refractivity contribution in [3.05, 3.63) is 0 Å². The Balaban J connectivity index is 2.77. The summed E-state index contributed by atoms with van der Waals surface area (Å²) in [7, 11) is 0. The molecule has 0 amide bonds. The number of halogens is 2. The summed E-state index contributed by atoms with van der Waals surface area (Å²) in [5.74, 6) is 0. The summed E-state index contributed by atoms with van der Waals surface area (Å²) in [6, 6.07) is 0. The first-order chi connectivity index (χ1) is 4.77. The summed E-state index contributed by atoms with van der Waals surface area (Å²) in [6.07, 6.45) is 4.11. The second kappa shape index (κ2) is 8.48. The van der Waals surface area contributed by atoms with Crippen molar-refractivity contribution in [1.29, 1.82) is 0 Å². The van der Waals surface area contributed by atoms with E-state index in [0.717, 1.165) is 4.44 Å². The second-order valence-corrected chi connectivity index (χ2v) is 7.60. The minimum atomic E-state index is -0.166. The van der Waals surface area contributed by atoms with Gasteiger partial charge in [-0.05, 0) is 0 Å². The first-order valence-electron chi connectivity index (χ1n) is 3.76. The van der Waals surface area contributed by atoms with Crippen LogP contribution in [-0.4, -0.2) is 26.0 Å². The van der Waals surface area contributed by atoms with Gasteiger partial charge in [0.05, 0.1) is 0 Å². The first kappa shape index (κ1) is 11.4. The Morgan fingerprint density at radius 2 is 2.00 bits per heavy atom. The van der Waals surface area contributed by atoms with Crippen LogP contribution in [0.5, 0.6) is 0 Å². The maximum atomic E-state index is 5.60. The third-order valence-corrected chi connectivity index (χ3v) is 7.05. The monoisotopic (exact) mass is 288 g/mol. The van der Waals surface area contributed by atoms with Gasteiger partial charge in [-0.1, -0.05) is 0 Å². The van der Waals surface area contributed by atoms with Gasteiger partial charge in [0, 0.05) is 0 Å². The normalized spacial score (nSPS) is 10.8. The molecule has 0 aliphatic carbocycles. The second-order valence-electron chi connectivity index (χ2n) is 2.30. The molecule has 60 valence electrons. The van der Waals surface area contributed by atoms with Gasteiger partial charge >= 0.3 is 84.2 Å². The Morgan fingerprint density at radius 1 is 1.30 bits per heavy atom. The van der Waals surface area contributed by atoms with E-state index in [4.69, 9.17) is 23.2 Å². The molecule has 0 heterocycles. The molecule has 0 aromatic rings. The molecule has 0 saturated carbocycles. The first-order valence-corrected chi connectivity index (χ1v) is 8.67. The molecule has 0 nitrogen and oxygen atoms in total. The fourth-order valence-corrected chi connectivity index (χ4v) is 4.81. The van der Waals surface area contributed by atoms with Gasteiger partial charge in [0.1, 0.15) is 0 Å². The van der Waals surface area contributed by atoms with Crippen molar-refractivity contribution < 1.29 is 0 Å². The Morgan fingerprint density at radius 3 is 2.50 bits per heavy atom. The summed E-state index contributed by atoms with van der Waals surface area (Å²) in [5.41, 5.74) is 0. The van der Waals surface area contributed by atoms with Crippen LogP contribution in [0.4, 0.5) is 0 Å². The van der Waals surface area contributed by atoms with Crippen molar-refractivity contribution in [1.82, 2.24) is 0 Å². The van der Waals surface area contributed by atoms with Gasteiger partial charge in [0.15, 0.2) is 0 Å². The average molecular weight is 288 g/mol. The van der Waals surface area contributed by atoms with Gasteiger partial charge in [-0.25, -0.2) is 0 Å². The summed E-state index contributed by atoms with van der Waals surface area (Å²) < 4.78 is 2.57. The van der Waals surface area contributed by atoms with E-state index < -0.39 is 0 Å². The van der Waals surface area contributed by atoms with Crippen molar-refractivity contribution in [2.24, 2.45) is 0 Å². The number of alkyl halides is 2. The van der Waals surface area contributed by atoms with Crippen LogP contribution in [0.3, 0.4) is 0 Å². The van der Waals surface area contributed by atoms with E-state index in [-0.39, 0.29) is 26.0 Å². The van der Waals surface area contributed by atoms with Crippen LogP contribution in [0, 0.1) is 0 Å². The van der Waals surface area contributed by atoms with Crippen LogP contribution in [0.25, 0.3) is 0 Å². The van der Waals surface area contributed by atoms with Crippen LogP contribution < -0.4 is 0 Å². The SMILES string of the molecule is CCCC[CH2][Sn][CH2]C(Cl)Cl. The van der Waals surface area contributed by atoms with E-state index in [1.807, 2.05) is 0 Å². The Hall–Kier alpha value is 1.38. The zero-order valence-electron chi connectivity index (χ0n) is 6.37. The molecule has 0 spiro atoms. The van der Waals surface area contributed by atoms with E-state index in [0.29, 0.717) is 0 Å². The number of rotatable bonds is 6. The summed E-state index contributed by atoms with van der Waals surface area (Å²) in [6.45, 7) is 2.23. The Kier molecular flexibility index (Phi) is 9.64. The van der Waals surface area contributed by atoms with Crippen molar-refractivity contribution >= 4 is 44.3 Å². The molecule has 0 aromatic heterocycles. The van der Waals surface area contributed by atoms with Crippen molar-refractivity contribution in [2.75, 3.05) is 0 Å². The van der Waals surface area contributed by atoms with Crippen LogP contribution in [0.15, 0.2) is 0 Å². The molecule has 0 aliphatic rings. The molecular formula is C7H14Cl2Sn.